The Kier molecular flexibility index (Phi) is 5.30. The lowest BCUT2D eigenvalue weighted by molar-refractivity contribution is 0.770. The molecule has 1 nitrogen and oxygen atoms in total. The number of hydrogen-bond donors (Lipinski definition) is 1. The largest absolute Gasteiger partial charge is 0.302 e. The monoisotopic (exact) mass is 245 g/mol. The lowest BCUT2D eigenvalue weighted by atomic mass is 10.2. The molecule has 0 heterocycles. The Balaban J connectivity index is 1.73. The van der Waals surface area contributed by atoms with Crippen LogP contribution in [0.4, 0.5) is 0 Å². The normalized spacial score (nSPS) is 8.84. The van der Waals surface area contributed by atoms with Crippen LogP contribution in [-0.2, 0) is 6.54 Å². The van der Waals surface area contributed by atoms with Crippen LogP contribution in [0.3, 0.4) is 0 Å². The van der Waals surface area contributed by atoms with Crippen LogP contribution in [0.15, 0.2) is 60.7 Å². The molecule has 1 N–H and O–H groups in total. The molecule has 2 rings (SSSR count). The van der Waals surface area contributed by atoms with Gasteiger partial charge < -0.3 is 5.32 Å². The van der Waals surface area contributed by atoms with Gasteiger partial charge in [0.2, 0.25) is 0 Å². The third-order valence-electron chi connectivity index (χ3n) is 2.52. The Morgan fingerprint density at radius 3 is 2.21 bits per heavy atom. The highest BCUT2D eigenvalue weighted by Crippen LogP contribution is 1.96. The first-order valence-corrected chi connectivity index (χ1v) is 6.24. The summed E-state index contributed by atoms with van der Waals surface area (Å²) in [5.41, 5.74) is 2.26. The first-order valence-electron chi connectivity index (χ1n) is 6.24. The second-order valence-corrected chi connectivity index (χ2v) is 4.01. The topological polar surface area (TPSA) is 12.0 Å². The highest BCUT2D eigenvalue weighted by atomic mass is 14.8. The number of nitrogens with one attached hydrogen (secondary N) is 1. The fraction of sp³-hybridized carbons (Fsp3) is 0.111. The fourth-order valence-corrected chi connectivity index (χ4v) is 1.58. The van der Waals surface area contributed by atoms with Gasteiger partial charge in [-0.2, -0.15) is 0 Å². The molecule has 1 heteroatoms. The first-order chi connectivity index (χ1) is 9.45. The molecule has 0 aliphatic heterocycles. The molecule has 92 valence electrons. The minimum Gasteiger partial charge on any atom is -0.302 e. The summed E-state index contributed by atoms with van der Waals surface area (Å²) in [6, 6.07) is 20.1. The predicted molar refractivity (Wildman–Crippen MR) is 79.2 cm³/mol. The summed E-state index contributed by atoms with van der Waals surface area (Å²) in [7, 11) is 0. The smallest absolute Gasteiger partial charge is 0.0589 e. The quantitative estimate of drug-likeness (QED) is 0.647. The van der Waals surface area contributed by atoms with Crippen LogP contribution in [0, 0.1) is 23.7 Å². The summed E-state index contributed by atoms with van der Waals surface area (Å²) in [4.78, 5) is 0. The Bertz CT molecular complexity index is 607. The van der Waals surface area contributed by atoms with E-state index in [1.165, 1.54) is 5.56 Å². The molecule has 0 radical (unpaired) electrons. The summed E-state index contributed by atoms with van der Waals surface area (Å²) in [5, 5.41) is 3.26. The lowest BCUT2D eigenvalue weighted by Gasteiger charge is -1.99. The fourth-order valence-electron chi connectivity index (χ4n) is 1.58. The van der Waals surface area contributed by atoms with Gasteiger partial charge in [-0.05, 0) is 29.5 Å². The molecule has 0 saturated heterocycles. The van der Waals surface area contributed by atoms with Gasteiger partial charge in [0.05, 0.1) is 6.54 Å². The molecule has 0 aliphatic carbocycles. The van der Waals surface area contributed by atoms with Crippen LogP contribution in [0.2, 0.25) is 0 Å². The van der Waals surface area contributed by atoms with E-state index in [1.54, 1.807) is 0 Å². The molecule has 0 aromatic heterocycles. The van der Waals surface area contributed by atoms with Crippen molar-refractivity contribution in [2.75, 3.05) is 6.54 Å². The van der Waals surface area contributed by atoms with Crippen molar-refractivity contribution in [3.63, 3.8) is 0 Å². The Morgan fingerprint density at radius 1 is 0.789 bits per heavy atom. The molecule has 0 bridgehead atoms. The van der Waals surface area contributed by atoms with Gasteiger partial charge in [0, 0.05) is 12.1 Å². The van der Waals surface area contributed by atoms with Crippen molar-refractivity contribution < 1.29 is 0 Å². The number of rotatable bonds is 3. The van der Waals surface area contributed by atoms with Crippen molar-refractivity contribution in [2.24, 2.45) is 0 Å². The zero-order valence-electron chi connectivity index (χ0n) is 10.7. The van der Waals surface area contributed by atoms with Gasteiger partial charge in [-0.1, -0.05) is 60.4 Å². The van der Waals surface area contributed by atoms with Crippen molar-refractivity contribution >= 4 is 0 Å². The van der Waals surface area contributed by atoms with Gasteiger partial charge in [0.1, 0.15) is 0 Å². The summed E-state index contributed by atoms with van der Waals surface area (Å²) >= 11 is 0. The van der Waals surface area contributed by atoms with E-state index < -0.39 is 0 Å². The van der Waals surface area contributed by atoms with E-state index in [0.717, 1.165) is 12.1 Å². The molecule has 0 fully saturated rings. The molecule has 19 heavy (non-hydrogen) atoms. The second-order valence-electron chi connectivity index (χ2n) is 4.01. The first kappa shape index (κ1) is 13.0. The van der Waals surface area contributed by atoms with E-state index in [9.17, 15) is 0 Å². The molecule has 0 atom stereocenters. The second kappa shape index (κ2) is 7.77. The van der Waals surface area contributed by atoms with Crippen LogP contribution in [-0.4, -0.2) is 6.54 Å². The lowest BCUT2D eigenvalue weighted by Crippen LogP contribution is -2.12. The van der Waals surface area contributed by atoms with Crippen LogP contribution in [0.1, 0.15) is 11.1 Å². The SMILES string of the molecule is C(C#Cc1ccccc1)#CCNCc1ccccc1. The zero-order valence-corrected chi connectivity index (χ0v) is 10.7. The third kappa shape index (κ3) is 5.13. The van der Waals surface area contributed by atoms with Crippen molar-refractivity contribution in [3.05, 3.63) is 71.8 Å². The summed E-state index contributed by atoms with van der Waals surface area (Å²) in [5.74, 6) is 11.7. The van der Waals surface area contributed by atoms with E-state index in [4.69, 9.17) is 0 Å². The maximum atomic E-state index is 3.26. The van der Waals surface area contributed by atoms with E-state index in [0.29, 0.717) is 6.54 Å². The van der Waals surface area contributed by atoms with Crippen LogP contribution >= 0.6 is 0 Å². The van der Waals surface area contributed by atoms with Gasteiger partial charge in [0.15, 0.2) is 0 Å². The molecule has 2 aromatic rings. The van der Waals surface area contributed by atoms with Crippen LogP contribution in [0.25, 0.3) is 0 Å². The maximum Gasteiger partial charge on any atom is 0.0589 e. The van der Waals surface area contributed by atoms with Crippen molar-refractivity contribution in [1.29, 1.82) is 0 Å². The average molecular weight is 245 g/mol. The van der Waals surface area contributed by atoms with E-state index in [1.807, 2.05) is 48.5 Å². The summed E-state index contributed by atoms with van der Waals surface area (Å²) in [6.45, 7) is 1.49. The van der Waals surface area contributed by atoms with Gasteiger partial charge in [-0.15, -0.1) is 0 Å². The molecule has 0 spiro atoms. The average Bonchev–Trinajstić information content (AvgIpc) is 2.48. The molecule has 2 aromatic carbocycles. The summed E-state index contributed by atoms with van der Waals surface area (Å²) in [6.07, 6.45) is 0. The van der Waals surface area contributed by atoms with Crippen molar-refractivity contribution in [3.8, 4) is 23.7 Å². The number of benzene rings is 2. The van der Waals surface area contributed by atoms with E-state index in [2.05, 4.69) is 41.1 Å². The number of hydrogen-bond acceptors (Lipinski definition) is 1. The van der Waals surface area contributed by atoms with E-state index in [-0.39, 0.29) is 0 Å². The molecule has 0 saturated carbocycles. The van der Waals surface area contributed by atoms with Crippen molar-refractivity contribution in [2.45, 2.75) is 6.54 Å². The molecule has 0 amide bonds. The maximum absolute atomic E-state index is 3.26. The molecular weight excluding hydrogens is 230 g/mol. The van der Waals surface area contributed by atoms with E-state index >= 15 is 0 Å². The highest BCUT2D eigenvalue weighted by Gasteiger charge is 1.87. The molecule has 0 aliphatic rings. The minimum absolute atomic E-state index is 0.651. The Labute approximate surface area is 114 Å². The van der Waals surface area contributed by atoms with Crippen LogP contribution < -0.4 is 5.32 Å². The van der Waals surface area contributed by atoms with Gasteiger partial charge in [-0.25, -0.2) is 0 Å². The van der Waals surface area contributed by atoms with Gasteiger partial charge in [0.25, 0.3) is 0 Å². The van der Waals surface area contributed by atoms with Crippen molar-refractivity contribution in [1.82, 2.24) is 5.32 Å². The molecular formula is C18H15N. The highest BCUT2D eigenvalue weighted by molar-refractivity contribution is 5.39. The Morgan fingerprint density at radius 2 is 1.47 bits per heavy atom. The predicted octanol–water partition coefficient (Wildman–Crippen LogP) is 2.83. The standard InChI is InChI=1S/C18H15N/c1-4-10-17(11-5-1)12-8-3-9-15-19-16-18-13-6-2-7-14-18/h1-2,4-7,10-11,13-14,19H,15-16H2. The Hall–Kier alpha value is -2.48. The van der Waals surface area contributed by atoms with Gasteiger partial charge in [-0.3, -0.25) is 0 Å². The summed E-state index contributed by atoms with van der Waals surface area (Å²) < 4.78 is 0. The zero-order chi connectivity index (χ0) is 13.2. The minimum atomic E-state index is 0.651. The van der Waals surface area contributed by atoms with Gasteiger partial charge >= 0.3 is 0 Å². The third-order valence-corrected chi connectivity index (χ3v) is 2.52. The molecule has 0 unspecified atom stereocenters. The van der Waals surface area contributed by atoms with Crippen LogP contribution in [0.5, 0.6) is 0 Å².